The quantitative estimate of drug-likeness (QED) is 0.754. The number of carbonyl (C=O) groups excluding carboxylic acids is 1. The van der Waals surface area contributed by atoms with Crippen molar-refractivity contribution in [2.75, 3.05) is 26.7 Å². The molecule has 4 heteroatoms. The zero-order valence-corrected chi connectivity index (χ0v) is 11.5. The Morgan fingerprint density at radius 1 is 1.59 bits per heavy atom. The van der Waals surface area contributed by atoms with E-state index in [1.165, 1.54) is 12.8 Å². The Bertz CT molecular complexity index is 257. The molecule has 1 fully saturated rings. The summed E-state index contributed by atoms with van der Waals surface area (Å²) in [7, 11) is 2.03. The van der Waals surface area contributed by atoms with Crippen LogP contribution in [0.15, 0.2) is 0 Å². The van der Waals surface area contributed by atoms with E-state index in [-0.39, 0.29) is 11.4 Å². The SMILES string of the molecule is CCNC(=O)CN(C)C1(CN)CCCC(C)C1. The first-order valence-corrected chi connectivity index (χ1v) is 6.72. The fraction of sp³-hybridized carbons (Fsp3) is 0.923. The predicted octanol–water partition coefficient (Wildman–Crippen LogP) is 0.962. The van der Waals surface area contributed by atoms with E-state index in [0.29, 0.717) is 25.6 Å². The molecule has 0 spiro atoms. The molecule has 0 aromatic heterocycles. The smallest absolute Gasteiger partial charge is 0.234 e. The van der Waals surface area contributed by atoms with Crippen molar-refractivity contribution in [1.29, 1.82) is 0 Å². The summed E-state index contributed by atoms with van der Waals surface area (Å²) in [4.78, 5) is 13.8. The average molecular weight is 241 g/mol. The third kappa shape index (κ3) is 3.68. The summed E-state index contributed by atoms with van der Waals surface area (Å²) in [6.45, 7) is 6.02. The summed E-state index contributed by atoms with van der Waals surface area (Å²) in [5.41, 5.74) is 6.01. The van der Waals surface area contributed by atoms with Crippen LogP contribution in [-0.4, -0.2) is 43.0 Å². The Labute approximate surface area is 105 Å². The van der Waals surface area contributed by atoms with Crippen LogP contribution in [0.4, 0.5) is 0 Å². The van der Waals surface area contributed by atoms with Gasteiger partial charge >= 0.3 is 0 Å². The van der Waals surface area contributed by atoms with Crippen LogP contribution in [-0.2, 0) is 4.79 Å². The summed E-state index contributed by atoms with van der Waals surface area (Å²) in [5.74, 6) is 0.810. The summed E-state index contributed by atoms with van der Waals surface area (Å²) in [5, 5.41) is 2.85. The van der Waals surface area contributed by atoms with Crippen molar-refractivity contribution < 1.29 is 4.79 Å². The molecule has 1 rings (SSSR count). The minimum atomic E-state index is 0.0305. The number of hydrogen-bond donors (Lipinski definition) is 2. The van der Waals surface area contributed by atoms with E-state index in [2.05, 4.69) is 17.1 Å². The minimum absolute atomic E-state index is 0.0305. The number of rotatable bonds is 5. The van der Waals surface area contributed by atoms with Crippen LogP contribution < -0.4 is 11.1 Å². The number of likely N-dealkylation sites (N-methyl/N-ethyl adjacent to an activating group) is 2. The first kappa shape index (κ1) is 14.5. The van der Waals surface area contributed by atoms with Crippen molar-refractivity contribution >= 4 is 5.91 Å². The van der Waals surface area contributed by atoms with Gasteiger partial charge in [-0.1, -0.05) is 19.8 Å². The lowest BCUT2D eigenvalue weighted by Crippen LogP contribution is -2.56. The fourth-order valence-electron chi connectivity index (χ4n) is 2.96. The van der Waals surface area contributed by atoms with Crippen molar-refractivity contribution in [1.82, 2.24) is 10.2 Å². The molecular weight excluding hydrogens is 214 g/mol. The molecule has 4 nitrogen and oxygen atoms in total. The van der Waals surface area contributed by atoms with Crippen molar-refractivity contribution in [3.63, 3.8) is 0 Å². The number of carbonyl (C=O) groups is 1. The molecule has 0 radical (unpaired) electrons. The van der Waals surface area contributed by atoms with Gasteiger partial charge < -0.3 is 11.1 Å². The van der Waals surface area contributed by atoms with E-state index >= 15 is 0 Å². The maximum Gasteiger partial charge on any atom is 0.234 e. The summed E-state index contributed by atoms with van der Waals surface area (Å²) in [6, 6.07) is 0. The van der Waals surface area contributed by atoms with Gasteiger partial charge in [-0.15, -0.1) is 0 Å². The topological polar surface area (TPSA) is 58.4 Å². The highest BCUT2D eigenvalue weighted by Gasteiger charge is 2.37. The molecule has 0 bridgehead atoms. The van der Waals surface area contributed by atoms with Gasteiger partial charge in [0.25, 0.3) is 0 Å². The fourth-order valence-corrected chi connectivity index (χ4v) is 2.96. The molecule has 100 valence electrons. The van der Waals surface area contributed by atoms with Gasteiger partial charge in [0.1, 0.15) is 0 Å². The van der Waals surface area contributed by atoms with E-state index in [0.717, 1.165) is 12.8 Å². The molecular formula is C13H27N3O. The second-order valence-electron chi connectivity index (χ2n) is 5.44. The van der Waals surface area contributed by atoms with Gasteiger partial charge in [-0.25, -0.2) is 0 Å². The van der Waals surface area contributed by atoms with E-state index < -0.39 is 0 Å². The molecule has 3 N–H and O–H groups in total. The van der Waals surface area contributed by atoms with Gasteiger partial charge in [0, 0.05) is 18.6 Å². The normalized spacial score (nSPS) is 29.4. The van der Waals surface area contributed by atoms with Gasteiger partial charge in [0.2, 0.25) is 5.91 Å². The van der Waals surface area contributed by atoms with Gasteiger partial charge in [-0.3, -0.25) is 9.69 Å². The summed E-state index contributed by atoms with van der Waals surface area (Å²) < 4.78 is 0. The zero-order valence-electron chi connectivity index (χ0n) is 11.5. The van der Waals surface area contributed by atoms with Crippen LogP contribution >= 0.6 is 0 Å². The van der Waals surface area contributed by atoms with E-state index in [1.54, 1.807) is 0 Å². The van der Waals surface area contributed by atoms with Crippen LogP contribution in [0.25, 0.3) is 0 Å². The Hall–Kier alpha value is -0.610. The molecule has 1 aliphatic rings. The lowest BCUT2D eigenvalue weighted by molar-refractivity contribution is -0.123. The predicted molar refractivity (Wildman–Crippen MR) is 70.7 cm³/mol. The van der Waals surface area contributed by atoms with Crippen molar-refractivity contribution in [2.24, 2.45) is 11.7 Å². The third-order valence-electron chi connectivity index (χ3n) is 4.01. The summed E-state index contributed by atoms with van der Waals surface area (Å²) in [6.07, 6.45) is 4.73. The maximum atomic E-state index is 11.6. The molecule has 0 saturated heterocycles. The third-order valence-corrected chi connectivity index (χ3v) is 4.01. The van der Waals surface area contributed by atoms with E-state index in [4.69, 9.17) is 5.73 Å². The largest absolute Gasteiger partial charge is 0.355 e. The van der Waals surface area contributed by atoms with Gasteiger partial charge in [-0.2, -0.15) is 0 Å². The van der Waals surface area contributed by atoms with Crippen molar-refractivity contribution in [3.8, 4) is 0 Å². The first-order valence-electron chi connectivity index (χ1n) is 6.72. The van der Waals surface area contributed by atoms with E-state index in [9.17, 15) is 4.79 Å². The van der Waals surface area contributed by atoms with Crippen molar-refractivity contribution in [3.05, 3.63) is 0 Å². The Balaban J connectivity index is 2.61. The van der Waals surface area contributed by atoms with Crippen molar-refractivity contribution in [2.45, 2.75) is 45.1 Å². The molecule has 17 heavy (non-hydrogen) atoms. The highest BCUT2D eigenvalue weighted by atomic mass is 16.2. The Morgan fingerprint density at radius 3 is 2.82 bits per heavy atom. The minimum Gasteiger partial charge on any atom is -0.355 e. The van der Waals surface area contributed by atoms with Crippen LogP contribution in [0.5, 0.6) is 0 Å². The first-order chi connectivity index (χ1) is 8.04. The van der Waals surface area contributed by atoms with Gasteiger partial charge in [0.05, 0.1) is 6.54 Å². The Morgan fingerprint density at radius 2 is 2.29 bits per heavy atom. The van der Waals surface area contributed by atoms with Crippen LogP contribution in [0.1, 0.15) is 39.5 Å². The lowest BCUT2D eigenvalue weighted by Gasteiger charge is -2.45. The van der Waals surface area contributed by atoms with Crippen LogP contribution in [0.3, 0.4) is 0 Å². The molecule has 1 aliphatic carbocycles. The molecule has 2 atom stereocenters. The zero-order chi connectivity index (χ0) is 12.9. The lowest BCUT2D eigenvalue weighted by atomic mass is 9.75. The molecule has 2 unspecified atom stereocenters. The number of nitrogens with two attached hydrogens (primary N) is 1. The molecule has 0 aliphatic heterocycles. The molecule has 0 aromatic carbocycles. The molecule has 1 amide bonds. The second-order valence-corrected chi connectivity index (χ2v) is 5.44. The summed E-state index contributed by atoms with van der Waals surface area (Å²) >= 11 is 0. The Kier molecular flexibility index (Phi) is 5.40. The molecule has 0 heterocycles. The van der Waals surface area contributed by atoms with Crippen LogP contribution in [0.2, 0.25) is 0 Å². The highest BCUT2D eigenvalue weighted by molar-refractivity contribution is 5.78. The van der Waals surface area contributed by atoms with Gasteiger partial charge in [-0.05, 0) is 32.7 Å². The van der Waals surface area contributed by atoms with E-state index in [1.807, 2.05) is 14.0 Å². The molecule has 0 aromatic rings. The highest BCUT2D eigenvalue weighted by Crippen LogP contribution is 2.35. The number of nitrogens with one attached hydrogen (secondary N) is 1. The van der Waals surface area contributed by atoms with Crippen LogP contribution in [0, 0.1) is 5.92 Å². The second kappa shape index (κ2) is 6.36. The number of amides is 1. The average Bonchev–Trinajstić information content (AvgIpc) is 2.29. The number of hydrogen-bond acceptors (Lipinski definition) is 3. The maximum absolute atomic E-state index is 11.6. The standard InChI is InChI=1S/C13H27N3O/c1-4-15-12(17)9-16(3)13(10-14)7-5-6-11(2)8-13/h11H,4-10,14H2,1-3H3,(H,15,17). The molecule has 1 saturated carbocycles. The van der Waals surface area contributed by atoms with Gasteiger partial charge in [0.15, 0.2) is 0 Å². The monoisotopic (exact) mass is 241 g/mol. The number of nitrogens with zero attached hydrogens (tertiary/aromatic N) is 1.